The Morgan fingerprint density at radius 1 is 0.911 bits per heavy atom. The zero-order valence-corrected chi connectivity index (χ0v) is 28.0. The number of aromatic hydroxyl groups is 2. The minimum atomic E-state index is -1.50. The van der Waals surface area contributed by atoms with Crippen LogP contribution in [0.1, 0.15) is 103 Å². The molecule has 1 saturated heterocycles. The number of phenols is 2. The molecule has 5 aliphatic rings. The van der Waals surface area contributed by atoms with E-state index in [4.69, 9.17) is 9.47 Å². The van der Waals surface area contributed by atoms with Gasteiger partial charge in [0.25, 0.3) is 0 Å². The van der Waals surface area contributed by atoms with Gasteiger partial charge in [0, 0.05) is 35.0 Å². The molecule has 7 nitrogen and oxygen atoms in total. The molecule has 1 aromatic rings. The zero-order chi connectivity index (χ0) is 33.1. The summed E-state index contributed by atoms with van der Waals surface area (Å²) in [5, 5.41) is 33.2. The SMILES string of the molecule is CC(C)=CCC/C(C)=C/Cc1c(O)c(CC=C(C)C)c2c(c1O)C(=O)C1=C[C@@H]3CC4C(C)(C)O[C@@](C/C=C(/C)CO)(C3=O)[C@@]14O2. The Morgan fingerprint density at radius 3 is 2.22 bits per heavy atom. The number of hydrogen-bond donors (Lipinski definition) is 3. The number of phenolic OH excluding ortho intramolecular Hbond substituents is 2. The van der Waals surface area contributed by atoms with Crippen molar-refractivity contribution in [3.63, 3.8) is 0 Å². The minimum Gasteiger partial charge on any atom is -0.507 e. The molecule has 2 fully saturated rings. The number of rotatable bonds is 10. The highest BCUT2D eigenvalue weighted by Gasteiger charge is 2.81. The van der Waals surface area contributed by atoms with Crippen LogP contribution in [0.25, 0.3) is 0 Å². The number of aliphatic hydroxyl groups is 1. The summed E-state index contributed by atoms with van der Waals surface area (Å²) >= 11 is 0. The van der Waals surface area contributed by atoms with Crippen molar-refractivity contribution in [3.8, 4) is 17.2 Å². The van der Waals surface area contributed by atoms with Crippen molar-refractivity contribution in [1.82, 2.24) is 0 Å². The average Bonchev–Trinajstić information content (AvgIpc) is 3.12. The molecule has 242 valence electrons. The number of benzene rings is 1. The van der Waals surface area contributed by atoms with Gasteiger partial charge in [0.2, 0.25) is 0 Å². The molecular weight excluding hydrogens is 568 g/mol. The Labute approximate surface area is 267 Å². The number of hydrogen-bond acceptors (Lipinski definition) is 7. The molecule has 1 unspecified atom stereocenters. The van der Waals surface area contributed by atoms with Gasteiger partial charge in [0.15, 0.2) is 22.8 Å². The maximum absolute atomic E-state index is 14.7. The van der Waals surface area contributed by atoms with Crippen LogP contribution in [0.15, 0.2) is 58.2 Å². The van der Waals surface area contributed by atoms with E-state index in [9.17, 15) is 24.9 Å². The van der Waals surface area contributed by atoms with Crippen LogP contribution in [0.4, 0.5) is 0 Å². The van der Waals surface area contributed by atoms with Gasteiger partial charge in [-0.25, -0.2) is 0 Å². The molecule has 3 N–H and O–H groups in total. The molecule has 45 heavy (non-hydrogen) atoms. The highest BCUT2D eigenvalue weighted by Crippen LogP contribution is 2.68. The fourth-order valence-corrected chi connectivity index (χ4v) is 7.80. The summed E-state index contributed by atoms with van der Waals surface area (Å²) in [6.07, 6.45) is 12.5. The molecule has 0 amide bonds. The standard InChI is InChI=1S/C38H48O7/c1-21(2)10-9-11-23(5)13-15-26-31(40)27(14-12-22(3)4)34-30(32(26)41)33(42)28-18-25-19-29-36(7,8)45-37(35(25)43,38(28,29)44-34)17-16-24(6)20-39/h10,12-13,16,18,25,29,39-41H,9,11,14-15,17,19-20H2,1-8H3/b23-13+,24-16-/t25-,29?,37+,38-/m1/s1. The van der Waals surface area contributed by atoms with E-state index in [1.165, 1.54) is 5.57 Å². The van der Waals surface area contributed by atoms with Crippen molar-refractivity contribution in [2.75, 3.05) is 6.61 Å². The van der Waals surface area contributed by atoms with Crippen molar-refractivity contribution in [1.29, 1.82) is 0 Å². The molecule has 1 aromatic carbocycles. The monoisotopic (exact) mass is 616 g/mol. The van der Waals surface area contributed by atoms with Gasteiger partial charge in [-0.05, 0) is 87.5 Å². The third-order valence-corrected chi connectivity index (χ3v) is 10.1. The Hall–Kier alpha value is -3.42. The first-order valence-corrected chi connectivity index (χ1v) is 16.1. The lowest BCUT2D eigenvalue weighted by Crippen LogP contribution is -2.72. The molecule has 6 rings (SSSR count). The summed E-state index contributed by atoms with van der Waals surface area (Å²) in [5.41, 5.74) is 1.39. The van der Waals surface area contributed by atoms with Gasteiger partial charge in [-0.1, -0.05) is 52.7 Å². The van der Waals surface area contributed by atoms with E-state index in [0.717, 1.165) is 24.0 Å². The topological polar surface area (TPSA) is 113 Å². The number of carbonyl (C=O) groups is 2. The largest absolute Gasteiger partial charge is 0.507 e. The number of ketones is 2. The van der Waals surface area contributed by atoms with E-state index in [1.54, 1.807) is 19.1 Å². The molecule has 2 heterocycles. The van der Waals surface area contributed by atoms with Crippen LogP contribution in [-0.4, -0.2) is 50.3 Å². The van der Waals surface area contributed by atoms with Crippen molar-refractivity contribution in [2.24, 2.45) is 11.8 Å². The Kier molecular flexibility index (Phi) is 8.60. The van der Waals surface area contributed by atoms with E-state index in [-0.39, 0.29) is 65.9 Å². The Balaban J connectivity index is 1.71. The summed E-state index contributed by atoms with van der Waals surface area (Å²) < 4.78 is 13.7. The van der Waals surface area contributed by atoms with Crippen molar-refractivity contribution < 1.29 is 34.4 Å². The quantitative estimate of drug-likeness (QED) is 0.239. The third-order valence-electron chi connectivity index (χ3n) is 10.1. The van der Waals surface area contributed by atoms with Crippen LogP contribution in [-0.2, 0) is 22.4 Å². The van der Waals surface area contributed by atoms with Gasteiger partial charge >= 0.3 is 0 Å². The summed E-state index contributed by atoms with van der Waals surface area (Å²) in [6.45, 7) is 15.5. The average molecular weight is 617 g/mol. The Bertz CT molecular complexity index is 1590. The maximum Gasteiger partial charge on any atom is 0.200 e. The predicted octanol–water partition coefficient (Wildman–Crippen LogP) is 7.18. The highest BCUT2D eigenvalue weighted by atomic mass is 16.6. The third kappa shape index (κ3) is 5.12. The maximum atomic E-state index is 14.7. The lowest BCUT2D eigenvalue weighted by molar-refractivity contribution is -0.171. The summed E-state index contributed by atoms with van der Waals surface area (Å²) in [6, 6.07) is 0. The van der Waals surface area contributed by atoms with Crippen LogP contribution >= 0.6 is 0 Å². The number of aliphatic hydroxyl groups excluding tert-OH is 1. The van der Waals surface area contributed by atoms with Crippen LogP contribution < -0.4 is 4.74 Å². The molecule has 0 aromatic heterocycles. The van der Waals surface area contributed by atoms with E-state index in [0.29, 0.717) is 23.1 Å². The van der Waals surface area contributed by atoms with Gasteiger partial charge in [-0.15, -0.1) is 0 Å². The van der Waals surface area contributed by atoms with Crippen LogP contribution in [0.3, 0.4) is 0 Å². The molecular formula is C38H48O7. The van der Waals surface area contributed by atoms with Crippen molar-refractivity contribution in [3.05, 3.63) is 74.9 Å². The van der Waals surface area contributed by atoms with Crippen molar-refractivity contribution in [2.45, 2.75) is 111 Å². The lowest BCUT2D eigenvalue weighted by Gasteiger charge is -2.56. The first-order chi connectivity index (χ1) is 21.1. The van der Waals surface area contributed by atoms with E-state index < -0.39 is 28.5 Å². The van der Waals surface area contributed by atoms with Gasteiger partial charge in [0.05, 0.1) is 12.2 Å². The lowest BCUT2D eigenvalue weighted by atomic mass is 9.51. The van der Waals surface area contributed by atoms with Crippen LogP contribution in [0.2, 0.25) is 0 Å². The number of fused-ring (bicyclic) bond motifs is 1. The smallest absolute Gasteiger partial charge is 0.200 e. The molecule has 1 spiro atoms. The number of carbonyl (C=O) groups excluding carboxylic acids is 2. The van der Waals surface area contributed by atoms with E-state index in [1.807, 2.05) is 46.8 Å². The van der Waals surface area contributed by atoms with E-state index in [2.05, 4.69) is 19.9 Å². The molecule has 1 saturated carbocycles. The van der Waals surface area contributed by atoms with Crippen molar-refractivity contribution >= 4 is 11.6 Å². The number of allylic oxidation sites excluding steroid dienone is 7. The normalized spacial score (nSPS) is 27.9. The fraction of sp³-hybridized carbons (Fsp3) is 0.526. The predicted molar refractivity (Wildman–Crippen MR) is 175 cm³/mol. The first-order valence-electron chi connectivity index (χ1n) is 16.1. The van der Waals surface area contributed by atoms with Gasteiger partial charge in [0.1, 0.15) is 22.8 Å². The summed E-state index contributed by atoms with van der Waals surface area (Å²) in [5.74, 6) is -1.68. The zero-order valence-electron chi connectivity index (χ0n) is 28.0. The minimum absolute atomic E-state index is 0.0295. The second kappa shape index (κ2) is 11.7. The number of Topliss-reactive ketones (excluding diaryl/α,β-unsaturated/α-hetero) is 2. The molecule has 0 radical (unpaired) electrons. The summed E-state index contributed by atoms with van der Waals surface area (Å²) in [7, 11) is 0. The molecule has 7 heteroatoms. The van der Waals surface area contributed by atoms with E-state index >= 15 is 0 Å². The second-order valence-corrected chi connectivity index (χ2v) is 14.4. The highest BCUT2D eigenvalue weighted by molar-refractivity contribution is 6.18. The van der Waals surface area contributed by atoms with Gasteiger partial charge in [-0.3, -0.25) is 9.59 Å². The molecule has 2 aliphatic heterocycles. The summed E-state index contributed by atoms with van der Waals surface area (Å²) in [4.78, 5) is 28.9. The van der Waals surface area contributed by atoms with Crippen LogP contribution in [0.5, 0.6) is 17.2 Å². The molecule has 4 bridgehead atoms. The van der Waals surface area contributed by atoms with Crippen LogP contribution in [0, 0.1) is 11.8 Å². The first kappa shape index (κ1) is 33.0. The molecule has 4 atom stereocenters. The van der Waals surface area contributed by atoms with Gasteiger partial charge < -0.3 is 24.8 Å². The second-order valence-electron chi connectivity index (χ2n) is 14.4. The number of ether oxygens (including phenoxy) is 2. The Morgan fingerprint density at radius 2 is 1.58 bits per heavy atom. The fourth-order valence-electron chi connectivity index (χ4n) is 7.80. The molecule has 3 aliphatic carbocycles. The van der Waals surface area contributed by atoms with Gasteiger partial charge in [-0.2, -0.15) is 0 Å².